The molecule has 4 heterocycles. The second-order valence-electron chi connectivity index (χ2n) is 7.97. The molecule has 1 aromatic carbocycles. The Kier molecular flexibility index (Phi) is 4.54. The van der Waals surface area contributed by atoms with E-state index in [0.29, 0.717) is 6.54 Å². The molecular formula is C22H24FN5O. The minimum Gasteiger partial charge on any atom is -0.358 e. The van der Waals surface area contributed by atoms with Gasteiger partial charge in [-0.3, -0.25) is 4.79 Å². The van der Waals surface area contributed by atoms with Crippen LogP contribution in [0.4, 0.5) is 4.39 Å². The molecule has 0 spiro atoms. The van der Waals surface area contributed by atoms with Gasteiger partial charge in [0, 0.05) is 60.1 Å². The maximum atomic E-state index is 13.8. The van der Waals surface area contributed by atoms with Gasteiger partial charge in [-0.25, -0.2) is 14.4 Å². The van der Waals surface area contributed by atoms with Crippen molar-refractivity contribution < 1.29 is 9.18 Å². The van der Waals surface area contributed by atoms with Crippen LogP contribution in [0.15, 0.2) is 24.4 Å². The molecule has 29 heavy (non-hydrogen) atoms. The minimum absolute atomic E-state index is 0.0451. The summed E-state index contributed by atoms with van der Waals surface area (Å²) in [6.07, 6.45) is 4.87. The lowest BCUT2D eigenvalue weighted by atomic mass is 10.1. The fourth-order valence-electron chi connectivity index (χ4n) is 4.58. The van der Waals surface area contributed by atoms with E-state index in [1.54, 1.807) is 6.07 Å². The van der Waals surface area contributed by atoms with Gasteiger partial charge in [0.2, 0.25) is 5.91 Å². The number of carbonyl (C=O) groups is 1. The number of hydrogen-bond acceptors (Lipinski definition) is 4. The van der Waals surface area contributed by atoms with Gasteiger partial charge in [-0.2, -0.15) is 0 Å². The fourth-order valence-corrected chi connectivity index (χ4v) is 4.58. The largest absolute Gasteiger partial charge is 0.358 e. The van der Waals surface area contributed by atoms with Crippen molar-refractivity contribution in [1.82, 2.24) is 25.2 Å². The molecule has 1 saturated heterocycles. The lowest BCUT2D eigenvalue weighted by molar-refractivity contribution is -0.131. The SMILES string of the molecule is Cc1[nH]c2ccc(F)cc2c1CC(=O)N1CCCC1c1ncc2c(n1)CCNC2. The molecule has 7 heteroatoms. The highest BCUT2D eigenvalue weighted by molar-refractivity contribution is 5.90. The van der Waals surface area contributed by atoms with Gasteiger partial charge in [0.25, 0.3) is 0 Å². The van der Waals surface area contributed by atoms with Crippen molar-refractivity contribution in [3.05, 3.63) is 58.6 Å². The number of halogens is 1. The second-order valence-corrected chi connectivity index (χ2v) is 7.97. The van der Waals surface area contributed by atoms with Crippen molar-refractivity contribution in [3.63, 3.8) is 0 Å². The Morgan fingerprint density at radius 1 is 1.38 bits per heavy atom. The molecule has 6 nitrogen and oxygen atoms in total. The number of rotatable bonds is 3. The molecule has 1 atom stereocenters. The number of aromatic nitrogens is 3. The Morgan fingerprint density at radius 2 is 2.28 bits per heavy atom. The van der Waals surface area contributed by atoms with E-state index in [-0.39, 0.29) is 24.2 Å². The third kappa shape index (κ3) is 3.29. The number of nitrogens with zero attached hydrogens (tertiary/aromatic N) is 3. The van der Waals surface area contributed by atoms with Crippen molar-refractivity contribution in [2.75, 3.05) is 13.1 Å². The van der Waals surface area contributed by atoms with Crippen LogP contribution in [0.2, 0.25) is 0 Å². The molecule has 1 fully saturated rings. The number of carbonyl (C=O) groups excluding carboxylic acids is 1. The molecule has 3 aromatic rings. The number of aromatic amines is 1. The first kappa shape index (κ1) is 18.2. The van der Waals surface area contributed by atoms with E-state index in [9.17, 15) is 9.18 Å². The van der Waals surface area contributed by atoms with E-state index in [1.165, 1.54) is 12.1 Å². The summed E-state index contributed by atoms with van der Waals surface area (Å²) in [6, 6.07) is 4.58. The number of fused-ring (bicyclic) bond motifs is 2. The van der Waals surface area contributed by atoms with Gasteiger partial charge in [0.1, 0.15) is 5.82 Å². The Labute approximate surface area is 168 Å². The highest BCUT2D eigenvalue weighted by Gasteiger charge is 2.33. The number of likely N-dealkylation sites (tertiary alicyclic amines) is 1. The normalized spacial score (nSPS) is 19.0. The van der Waals surface area contributed by atoms with Crippen molar-refractivity contribution in [3.8, 4) is 0 Å². The standard InChI is InChI=1S/C22H24FN5O/c1-13-16(17-9-15(23)4-5-19(17)26-13)10-21(29)28-8-2-3-20(28)22-25-12-14-11-24-7-6-18(14)27-22/h4-5,9,12,20,24,26H,2-3,6-8,10-11H2,1H3. The summed E-state index contributed by atoms with van der Waals surface area (Å²) in [5, 5.41) is 4.11. The van der Waals surface area contributed by atoms with E-state index in [1.807, 2.05) is 18.0 Å². The molecule has 0 aliphatic carbocycles. The van der Waals surface area contributed by atoms with Gasteiger partial charge in [0.05, 0.1) is 12.5 Å². The van der Waals surface area contributed by atoms with E-state index in [2.05, 4.69) is 15.3 Å². The monoisotopic (exact) mass is 393 g/mol. The van der Waals surface area contributed by atoms with Gasteiger partial charge in [-0.1, -0.05) is 0 Å². The van der Waals surface area contributed by atoms with Crippen LogP contribution in [0.3, 0.4) is 0 Å². The first-order valence-corrected chi connectivity index (χ1v) is 10.2. The Bertz CT molecular complexity index is 1090. The summed E-state index contributed by atoms with van der Waals surface area (Å²) >= 11 is 0. The highest BCUT2D eigenvalue weighted by Crippen LogP contribution is 2.32. The Morgan fingerprint density at radius 3 is 3.17 bits per heavy atom. The van der Waals surface area contributed by atoms with Gasteiger partial charge in [0.15, 0.2) is 5.82 Å². The molecule has 0 saturated carbocycles. The van der Waals surface area contributed by atoms with Gasteiger partial charge >= 0.3 is 0 Å². The average Bonchev–Trinajstić information content (AvgIpc) is 3.33. The molecule has 2 N–H and O–H groups in total. The maximum Gasteiger partial charge on any atom is 0.227 e. The topological polar surface area (TPSA) is 73.9 Å². The van der Waals surface area contributed by atoms with E-state index < -0.39 is 0 Å². The van der Waals surface area contributed by atoms with Crippen LogP contribution in [0, 0.1) is 12.7 Å². The van der Waals surface area contributed by atoms with Crippen LogP contribution in [0.25, 0.3) is 10.9 Å². The third-order valence-corrected chi connectivity index (χ3v) is 6.11. The average molecular weight is 393 g/mol. The summed E-state index contributed by atoms with van der Waals surface area (Å²) in [7, 11) is 0. The predicted molar refractivity (Wildman–Crippen MR) is 108 cm³/mol. The molecule has 5 rings (SSSR count). The minimum atomic E-state index is -0.291. The number of H-pyrrole nitrogens is 1. The number of aryl methyl sites for hydroxylation is 1. The van der Waals surface area contributed by atoms with Crippen LogP contribution < -0.4 is 5.32 Å². The molecule has 0 bridgehead atoms. The fraction of sp³-hybridized carbons (Fsp3) is 0.409. The van der Waals surface area contributed by atoms with Crippen LogP contribution in [-0.4, -0.2) is 38.8 Å². The lowest BCUT2D eigenvalue weighted by Gasteiger charge is -2.25. The second kappa shape index (κ2) is 7.22. The molecule has 1 unspecified atom stereocenters. The number of benzene rings is 1. The zero-order valence-corrected chi connectivity index (χ0v) is 16.5. The molecule has 2 aliphatic rings. The first-order valence-electron chi connectivity index (χ1n) is 10.2. The van der Waals surface area contributed by atoms with Gasteiger partial charge in [-0.15, -0.1) is 0 Å². The summed E-state index contributed by atoms with van der Waals surface area (Å²) in [4.78, 5) is 27.8. The van der Waals surface area contributed by atoms with Gasteiger partial charge < -0.3 is 15.2 Å². The van der Waals surface area contributed by atoms with Crippen LogP contribution in [-0.2, 0) is 24.2 Å². The number of nitrogens with one attached hydrogen (secondary N) is 2. The van der Waals surface area contributed by atoms with E-state index in [4.69, 9.17) is 4.98 Å². The lowest BCUT2D eigenvalue weighted by Crippen LogP contribution is -2.33. The number of amides is 1. The highest BCUT2D eigenvalue weighted by atomic mass is 19.1. The van der Waals surface area contributed by atoms with Crippen LogP contribution in [0.5, 0.6) is 0 Å². The summed E-state index contributed by atoms with van der Waals surface area (Å²) in [6.45, 7) is 4.37. The van der Waals surface area contributed by atoms with Crippen molar-refractivity contribution in [2.45, 2.75) is 45.2 Å². The smallest absolute Gasteiger partial charge is 0.227 e. The number of hydrogen-bond donors (Lipinski definition) is 2. The van der Waals surface area contributed by atoms with Crippen molar-refractivity contribution in [1.29, 1.82) is 0 Å². The Hall–Kier alpha value is -2.80. The Balaban J connectivity index is 1.41. The van der Waals surface area contributed by atoms with Crippen LogP contribution in [0.1, 0.15) is 47.2 Å². The third-order valence-electron chi connectivity index (χ3n) is 6.11. The molecule has 1 amide bonds. The van der Waals surface area contributed by atoms with E-state index in [0.717, 1.165) is 71.6 Å². The predicted octanol–water partition coefficient (Wildman–Crippen LogP) is 2.96. The van der Waals surface area contributed by atoms with Gasteiger partial charge in [-0.05, 0) is 43.5 Å². The molecule has 2 aromatic heterocycles. The molecule has 2 aliphatic heterocycles. The van der Waals surface area contributed by atoms with E-state index >= 15 is 0 Å². The van der Waals surface area contributed by atoms with Crippen LogP contribution >= 0.6 is 0 Å². The first-order chi connectivity index (χ1) is 14.1. The van der Waals surface area contributed by atoms with Crippen molar-refractivity contribution >= 4 is 16.8 Å². The maximum absolute atomic E-state index is 13.8. The van der Waals surface area contributed by atoms with Crippen molar-refractivity contribution in [2.24, 2.45) is 0 Å². The summed E-state index contributed by atoms with van der Waals surface area (Å²) in [5.41, 5.74) is 4.87. The zero-order chi connectivity index (χ0) is 20.0. The molecular weight excluding hydrogens is 369 g/mol. The quantitative estimate of drug-likeness (QED) is 0.718. The molecule has 0 radical (unpaired) electrons. The molecule has 150 valence electrons. The summed E-state index contributed by atoms with van der Waals surface area (Å²) in [5.74, 6) is 0.503. The summed E-state index contributed by atoms with van der Waals surface area (Å²) < 4.78 is 13.8. The zero-order valence-electron chi connectivity index (χ0n) is 16.5.